The highest BCUT2D eigenvalue weighted by Gasteiger charge is 2.16. The number of hydrogen-bond acceptors (Lipinski definition) is 3. The molecule has 1 aliphatic rings. The van der Waals surface area contributed by atoms with Gasteiger partial charge in [0.15, 0.2) is 0 Å². The Morgan fingerprint density at radius 2 is 1.56 bits per heavy atom. The van der Waals surface area contributed by atoms with Gasteiger partial charge in [0.25, 0.3) is 0 Å². The van der Waals surface area contributed by atoms with Gasteiger partial charge in [0, 0.05) is 13.2 Å². The van der Waals surface area contributed by atoms with Crippen LogP contribution in [-0.4, -0.2) is 29.3 Å². The molecule has 105 valence electrons. The van der Waals surface area contributed by atoms with Crippen LogP contribution >= 0.6 is 0 Å². The van der Waals surface area contributed by atoms with Gasteiger partial charge in [-0.2, -0.15) is 0 Å². The molecule has 0 atom stereocenters. The van der Waals surface area contributed by atoms with Crippen LogP contribution in [0.25, 0.3) is 0 Å². The topological polar surface area (TPSA) is 27.7 Å². The van der Waals surface area contributed by atoms with Gasteiger partial charge in [-0.3, -0.25) is 0 Å². The third kappa shape index (κ3) is 7.31. The zero-order valence-corrected chi connectivity index (χ0v) is 12.8. The van der Waals surface area contributed by atoms with E-state index in [2.05, 4.69) is 12.2 Å². The maximum absolute atomic E-state index is 5.62. The van der Waals surface area contributed by atoms with Crippen LogP contribution in [0.5, 0.6) is 0 Å². The second-order valence-corrected chi connectivity index (χ2v) is 5.97. The van der Waals surface area contributed by atoms with E-state index in [4.69, 9.17) is 13.3 Å². The standard InChI is InChI=1S/C14H27O3Si/c1-3-15-18(16-4-2)17-13-9-12-14-10-7-5-6-8-11-14/h9,12,14H,3-8,10-11,13H2,1-2H3. The molecule has 4 heteroatoms. The first-order valence-corrected chi connectivity index (χ1v) is 8.51. The first kappa shape index (κ1) is 15.9. The fraction of sp³-hybridized carbons (Fsp3) is 0.857. The van der Waals surface area contributed by atoms with Crippen molar-refractivity contribution >= 4 is 9.53 Å². The maximum Gasteiger partial charge on any atom is 0.578 e. The summed E-state index contributed by atoms with van der Waals surface area (Å²) in [7, 11) is -1.51. The Balaban J connectivity index is 2.17. The molecular formula is C14H27O3Si. The average Bonchev–Trinajstić information content (AvgIpc) is 2.63. The molecule has 0 aromatic rings. The fourth-order valence-electron chi connectivity index (χ4n) is 2.23. The lowest BCUT2D eigenvalue weighted by Crippen LogP contribution is -2.27. The monoisotopic (exact) mass is 271 g/mol. The minimum atomic E-state index is -1.51. The summed E-state index contributed by atoms with van der Waals surface area (Å²) in [5.74, 6) is 0.756. The first-order valence-electron chi connectivity index (χ1n) is 7.28. The Labute approximate surface area is 113 Å². The average molecular weight is 271 g/mol. The van der Waals surface area contributed by atoms with Crippen LogP contribution in [-0.2, 0) is 13.3 Å². The summed E-state index contributed by atoms with van der Waals surface area (Å²) in [5, 5.41) is 0. The van der Waals surface area contributed by atoms with Crippen molar-refractivity contribution in [2.45, 2.75) is 52.4 Å². The predicted molar refractivity (Wildman–Crippen MR) is 75.3 cm³/mol. The SMILES string of the molecule is CCO[Si](OCC)OCC=CC1CCCCCC1. The molecule has 3 nitrogen and oxygen atoms in total. The molecule has 0 heterocycles. The van der Waals surface area contributed by atoms with Crippen molar-refractivity contribution in [3.8, 4) is 0 Å². The quantitative estimate of drug-likeness (QED) is 0.383. The van der Waals surface area contributed by atoms with E-state index in [0.717, 1.165) is 5.92 Å². The first-order chi connectivity index (χ1) is 8.86. The summed E-state index contributed by atoms with van der Waals surface area (Å²) in [5.41, 5.74) is 0. The van der Waals surface area contributed by atoms with Crippen LogP contribution in [0.15, 0.2) is 12.2 Å². The molecule has 1 rings (SSSR count). The smallest absolute Gasteiger partial charge is 0.371 e. The van der Waals surface area contributed by atoms with E-state index in [-0.39, 0.29) is 0 Å². The van der Waals surface area contributed by atoms with Crippen LogP contribution in [0.3, 0.4) is 0 Å². The lowest BCUT2D eigenvalue weighted by atomic mass is 10.0. The van der Waals surface area contributed by atoms with Gasteiger partial charge in [-0.15, -0.1) is 0 Å². The van der Waals surface area contributed by atoms with Gasteiger partial charge >= 0.3 is 9.53 Å². The maximum atomic E-state index is 5.62. The highest BCUT2D eigenvalue weighted by atomic mass is 28.3. The zero-order valence-electron chi connectivity index (χ0n) is 11.8. The lowest BCUT2D eigenvalue weighted by Gasteiger charge is -2.12. The molecule has 1 radical (unpaired) electrons. The number of allylic oxidation sites excluding steroid dienone is 1. The summed E-state index contributed by atoms with van der Waals surface area (Å²) in [4.78, 5) is 0. The lowest BCUT2D eigenvalue weighted by molar-refractivity contribution is 0.112. The second-order valence-electron chi connectivity index (χ2n) is 4.61. The largest absolute Gasteiger partial charge is 0.578 e. The van der Waals surface area contributed by atoms with Crippen LogP contribution in [0.2, 0.25) is 0 Å². The van der Waals surface area contributed by atoms with Crippen LogP contribution in [0.4, 0.5) is 0 Å². The van der Waals surface area contributed by atoms with Crippen molar-refractivity contribution < 1.29 is 13.3 Å². The minimum absolute atomic E-state index is 0.616. The molecule has 1 fully saturated rings. The third-order valence-corrected chi connectivity index (χ3v) is 4.58. The normalized spacial score (nSPS) is 18.6. The summed E-state index contributed by atoms with van der Waals surface area (Å²) in [6, 6.07) is 0. The van der Waals surface area contributed by atoms with Gasteiger partial charge in [0.05, 0.1) is 6.61 Å². The van der Waals surface area contributed by atoms with Gasteiger partial charge < -0.3 is 13.3 Å². The van der Waals surface area contributed by atoms with E-state index < -0.39 is 9.53 Å². The number of hydrogen-bond donors (Lipinski definition) is 0. The molecule has 0 N–H and O–H groups in total. The zero-order chi connectivity index (χ0) is 13.1. The third-order valence-electron chi connectivity index (χ3n) is 3.13. The summed E-state index contributed by atoms with van der Waals surface area (Å²) in [6.07, 6.45) is 12.7. The van der Waals surface area contributed by atoms with E-state index >= 15 is 0 Å². The van der Waals surface area contributed by atoms with E-state index in [0.29, 0.717) is 19.8 Å². The van der Waals surface area contributed by atoms with E-state index in [9.17, 15) is 0 Å². The van der Waals surface area contributed by atoms with Gasteiger partial charge in [-0.05, 0) is 32.6 Å². The molecule has 1 aliphatic carbocycles. The van der Waals surface area contributed by atoms with Crippen molar-refractivity contribution in [2.75, 3.05) is 19.8 Å². The molecule has 0 aromatic heterocycles. The van der Waals surface area contributed by atoms with Crippen LogP contribution < -0.4 is 0 Å². The van der Waals surface area contributed by atoms with E-state index in [1.54, 1.807) is 0 Å². The summed E-state index contributed by atoms with van der Waals surface area (Å²) in [6.45, 7) is 5.86. The minimum Gasteiger partial charge on any atom is -0.371 e. The molecule has 0 aromatic carbocycles. The van der Waals surface area contributed by atoms with Gasteiger partial charge in [-0.25, -0.2) is 0 Å². The van der Waals surface area contributed by atoms with Crippen LogP contribution in [0, 0.1) is 5.92 Å². The molecule has 0 aliphatic heterocycles. The van der Waals surface area contributed by atoms with Crippen molar-refractivity contribution in [1.29, 1.82) is 0 Å². The number of rotatable bonds is 8. The Bertz CT molecular complexity index is 207. The Hall–Kier alpha value is -0.163. The van der Waals surface area contributed by atoms with Crippen molar-refractivity contribution in [2.24, 2.45) is 5.92 Å². The van der Waals surface area contributed by atoms with Gasteiger partial charge in [0.2, 0.25) is 0 Å². The van der Waals surface area contributed by atoms with Crippen molar-refractivity contribution in [3.05, 3.63) is 12.2 Å². The second kappa shape index (κ2) is 10.7. The molecule has 1 saturated carbocycles. The van der Waals surface area contributed by atoms with E-state index in [1.165, 1.54) is 38.5 Å². The highest BCUT2D eigenvalue weighted by Crippen LogP contribution is 2.23. The Kier molecular flexibility index (Phi) is 9.48. The Morgan fingerprint density at radius 1 is 0.944 bits per heavy atom. The summed E-state index contributed by atoms with van der Waals surface area (Å²) < 4.78 is 16.5. The van der Waals surface area contributed by atoms with E-state index in [1.807, 2.05) is 13.8 Å². The fourth-order valence-corrected chi connectivity index (χ4v) is 3.18. The highest BCUT2D eigenvalue weighted by molar-refractivity contribution is 6.36. The van der Waals surface area contributed by atoms with Gasteiger partial charge in [-0.1, -0.05) is 37.8 Å². The van der Waals surface area contributed by atoms with Crippen molar-refractivity contribution in [1.82, 2.24) is 0 Å². The summed E-state index contributed by atoms with van der Waals surface area (Å²) >= 11 is 0. The van der Waals surface area contributed by atoms with Crippen molar-refractivity contribution in [3.63, 3.8) is 0 Å². The molecule has 0 saturated heterocycles. The molecule has 0 amide bonds. The van der Waals surface area contributed by atoms with Crippen LogP contribution in [0.1, 0.15) is 52.4 Å². The van der Waals surface area contributed by atoms with Gasteiger partial charge in [0.1, 0.15) is 0 Å². The molecule has 0 spiro atoms. The molecule has 0 unspecified atom stereocenters. The molecule has 0 bridgehead atoms. The predicted octanol–water partition coefficient (Wildman–Crippen LogP) is 3.59. The molecule has 18 heavy (non-hydrogen) atoms. The molecular weight excluding hydrogens is 244 g/mol. The Morgan fingerprint density at radius 3 is 2.11 bits per heavy atom.